The molecule has 1 amide bonds. The molecule has 98 valence electrons. The van der Waals surface area contributed by atoms with Crippen molar-refractivity contribution in [3.63, 3.8) is 0 Å². The topological polar surface area (TPSA) is 42.0 Å². The van der Waals surface area contributed by atoms with Gasteiger partial charge >= 0.3 is 0 Å². The number of nitrogens with one attached hydrogen (secondary N) is 1. The Hall–Kier alpha value is -1.97. The number of aromatic nitrogens is 1. The first-order valence-corrected chi connectivity index (χ1v) is 6.49. The van der Waals surface area contributed by atoms with E-state index in [1.54, 1.807) is 25.1 Å². The van der Waals surface area contributed by atoms with Gasteiger partial charge in [0.1, 0.15) is 11.3 Å². The first kappa shape index (κ1) is 12.1. The first-order chi connectivity index (χ1) is 9.15. The van der Waals surface area contributed by atoms with E-state index in [-0.39, 0.29) is 11.7 Å². The van der Waals surface area contributed by atoms with E-state index >= 15 is 0 Å². The van der Waals surface area contributed by atoms with Crippen molar-refractivity contribution in [1.29, 1.82) is 0 Å². The highest BCUT2D eigenvalue weighted by Gasteiger charge is 2.22. The molecular weight excluding hydrogens is 243 g/mol. The summed E-state index contributed by atoms with van der Waals surface area (Å²) in [6.45, 7) is 2.46. The molecular formula is C15H15FN2O. The van der Waals surface area contributed by atoms with Crippen LogP contribution in [-0.4, -0.2) is 17.4 Å². The average Bonchev–Trinajstić information content (AvgIpc) is 3.20. The fraction of sp³-hybridized carbons (Fsp3) is 0.333. The molecule has 1 saturated carbocycles. The molecule has 0 atom stereocenters. The SMILES string of the molecule is Cc1nc2c(F)cccc2cc1C(=O)NCC1CC1. The van der Waals surface area contributed by atoms with Crippen LogP contribution in [-0.2, 0) is 0 Å². The molecule has 0 radical (unpaired) electrons. The van der Waals surface area contributed by atoms with Crippen molar-refractivity contribution in [2.45, 2.75) is 19.8 Å². The van der Waals surface area contributed by atoms with Crippen LogP contribution in [0, 0.1) is 18.7 Å². The second kappa shape index (κ2) is 4.61. The van der Waals surface area contributed by atoms with E-state index in [0.29, 0.717) is 28.1 Å². The number of rotatable bonds is 3. The summed E-state index contributed by atoms with van der Waals surface area (Å²) in [5.74, 6) is 0.156. The van der Waals surface area contributed by atoms with Crippen LogP contribution in [0.2, 0.25) is 0 Å². The molecule has 1 heterocycles. The van der Waals surface area contributed by atoms with Gasteiger partial charge in [0.05, 0.1) is 11.3 Å². The maximum atomic E-state index is 13.6. The number of benzene rings is 1. The monoisotopic (exact) mass is 258 g/mol. The summed E-state index contributed by atoms with van der Waals surface area (Å²) < 4.78 is 13.6. The van der Waals surface area contributed by atoms with E-state index in [4.69, 9.17) is 0 Å². The van der Waals surface area contributed by atoms with Crippen LogP contribution in [0.4, 0.5) is 4.39 Å². The summed E-state index contributed by atoms with van der Waals surface area (Å²) >= 11 is 0. The minimum Gasteiger partial charge on any atom is -0.352 e. The van der Waals surface area contributed by atoms with Crippen LogP contribution in [0.5, 0.6) is 0 Å². The second-order valence-corrected chi connectivity index (χ2v) is 5.09. The smallest absolute Gasteiger partial charge is 0.253 e. The second-order valence-electron chi connectivity index (χ2n) is 5.09. The molecule has 4 heteroatoms. The van der Waals surface area contributed by atoms with Gasteiger partial charge in [-0.25, -0.2) is 9.37 Å². The van der Waals surface area contributed by atoms with Gasteiger partial charge in [0.25, 0.3) is 5.91 Å². The third-order valence-electron chi connectivity index (χ3n) is 3.48. The highest BCUT2D eigenvalue weighted by atomic mass is 19.1. The Morgan fingerprint density at radius 1 is 1.47 bits per heavy atom. The Morgan fingerprint density at radius 3 is 3.00 bits per heavy atom. The average molecular weight is 258 g/mol. The number of para-hydroxylation sites is 1. The van der Waals surface area contributed by atoms with Crippen molar-refractivity contribution in [2.24, 2.45) is 5.92 Å². The van der Waals surface area contributed by atoms with Gasteiger partial charge in [-0.2, -0.15) is 0 Å². The number of hydrogen-bond donors (Lipinski definition) is 1. The van der Waals surface area contributed by atoms with E-state index < -0.39 is 0 Å². The lowest BCUT2D eigenvalue weighted by Crippen LogP contribution is -2.26. The Balaban J connectivity index is 1.93. The predicted octanol–water partition coefficient (Wildman–Crippen LogP) is 2.82. The summed E-state index contributed by atoms with van der Waals surface area (Å²) in [6.07, 6.45) is 2.39. The number of aryl methyl sites for hydroxylation is 1. The third kappa shape index (κ3) is 2.43. The van der Waals surface area contributed by atoms with Crippen molar-refractivity contribution in [3.8, 4) is 0 Å². The Bertz CT molecular complexity index is 650. The maximum absolute atomic E-state index is 13.6. The summed E-state index contributed by atoms with van der Waals surface area (Å²) in [5, 5.41) is 3.56. The Morgan fingerprint density at radius 2 is 2.26 bits per heavy atom. The normalized spacial score (nSPS) is 14.6. The van der Waals surface area contributed by atoms with Gasteiger partial charge in [0, 0.05) is 11.9 Å². The van der Waals surface area contributed by atoms with Crippen LogP contribution in [0.1, 0.15) is 28.9 Å². The Kier molecular flexibility index (Phi) is 2.93. The molecule has 1 aromatic carbocycles. The van der Waals surface area contributed by atoms with E-state index in [2.05, 4.69) is 10.3 Å². The number of halogens is 1. The van der Waals surface area contributed by atoms with Crippen LogP contribution in [0.25, 0.3) is 10.9 Å². The number of pyridine rings is 1. The van der Waals surface area contributed by atoms with Crippen LogP contribution >= 0.6 is 0 Å². The largest absolute Gasteiger partial charge is 0.352 e. The molecule has 3 nitrogen and oxygen atoms in total. The van der Waals surface area contributed by atoms with E-state index in [9.17, 15) is 9.18 Å². The highest BCUT2D eigenvalue weighted by Crippen LogP contribution is 2.27. The molecule has 1 aliphatic rings. The zero-order valence-corrected chi connectivity index (χ0v) is 10.7. The van der Waals surface area contributed by atoms with Crippen LogP contribution in [0.15, 0.2) is 24.3 Å². The van der Waals surface area contributed by atoms with Crippen molar-refractivity contribution in [1.82, 2.24) is 10.3 Å². The summed E-state index contributed by atoms with van der Waals surface area (Å²) in [7, 11) is 0. The molecule has 0 unspecified atom stereocenters. The fourth-order valence-corrected chi connectivity index (χ4v) is 2.14. The van der Waals surface area contributed by atoms with Gasteiger partial charge in [0.2, 0.25) is 0 Å². The Labute approximate surface area is 110 Å². The maximum Gasteiger partial charge on any atom is 0.253 e. The number of carbonyl (C=O) groups excluding carboxylic acids is 1. The van der Waals surface area contributed by atoms with Crippen molar-refractivity contribution in [3.05, 3.63) is 41.3 Å². The van der Waals surface area contributed by atoms with Crippen LogP contribution < -0.4 is 5.32 Å². The molecule has 0 saturated heterocycles. The van der Waals surface area contributed by atoms with Gasteiger partial charge in [-0.15, -0.1) is 0 Å². The third-order valence-corrected chi connectivity index (χ3v) is 3.48. The quantitative estimate of drug-likeness (QED) is 0.919. The molecule has 1 fully saturated rings. The lowest BCUT2D eigenvalue weighted by molar-refractivity contribution is 0.0951. The lowest BCUT2D eigenvalue weighted by atomic mass is 10.1. The number of nitrogens with zero attached hydrogens (tertiary/aromatic N) is 1. The minimum atomic E-state index is -0.356. The number of carbonyl (C=O) groups is 1. The molecule has 0 aliphatic heterocycles. The van der Waals surface area contributed by atoms with Crippen LogP contribution in [0.3, 0.4) is 0 Å². The van der Waals surface area contributed by atoms with Crippen molar-refractivity contribution < 1.29 is 9.18 Å². The van der Waals surface area contributed by atoms with Gasteiger partial charge in [-0.05, 0) is 37.8 Å². The molecule has 0 spiro atoms. The molecule has 3 rings (SSSR count). The van der Waals surface area contributed by atoms with E-state index in [1.807, 2.05) is 0 Å². The van der Waals surface area contributed by atoms with E-state index in [1.165, 1.54) is 18.9 Å². The van der Waals surface area contributed by atoms with Crippen molar-refractivity contribution >= 4 is 16.8 Å². The zero-order chi connectivity index (χ0) is 13.4. The minimum absolute atomic E-state index is 0.122. The summed E-state index contributed by atoms with van der Waals surface area (Å²) in [4.78, 5) is 16.3. The zero-order valence-electron chi connectivity index (χ0n) is 10.7. The first-order valence-electron chi connectivity index (χ1n) is 6.49. The molecule has 1 aliphatic carbocycles. The highest BCUT2D eigenvalue weighted by molar-refractivity contribution is 5.98. The summed E-state index contributed by atoms with van der Waals surface area (Å²) in [5.41, 5.74) is 1.41. The van der Waals surface area contributed by atoms with E-state index in [0.717, 1.165) is 6.54 Å². The molecule has 1 aromatic heterocycles. The number of hydrogen-bond acceptors (Lipinski definition) is 2. The van der Waals surface area contributed by atoms with Gasteiger partial charge in [-0.1, -0.05) is 12.1 Å². The van der Waals surface area contributed by atoms with Gasteiger partial charge in [0.15, 0.2) is 0 Å². The predicted molar refractivity (Wildman–Crippen MR) is 71.5 cm³/mol. The fourth-order valence-electron chi connectivity index (χ4n) is 2.14. The number of amides is 1. The van der Waals surface area contributed by atoms with Crippen molar-refractivity contribution in [2.75, 3.05) is 6.54 Å². The molecule has 2 aromatic rings. The van der Waals surface area contributed by atoms with Gasteiger partial charge < -0.3 is 5.32 Å². The standard InChI is InChI=1S/C15H15FN2O/c1-9-12(15(19)17-8-10-5-6-10)7-11-3-2-4-13(16)14(11)18-9/h2-4,7,10H,5-6,8H2,1H3,(H,17,19). The molecule has 1 N–H and O–H groups in total. The summed E-state index contributed by atoms with van der Waals surface area (Å²) in [6, 6.07) is 6.48. The molecule has 0 bridgehead atoms. The number of fused-ring (bicyclic) bond motifs is 1. The molecule has 19 heavy (non-hydrogen) atoms. The van der Waals surface area contributed by atoms with Gasteiger partial charge in [-0.3, -0.25) is 4.79 Å². The lowest BCUT2D eigenvalue weighted by Gasteiger charge is -2.08.